The zero-order valence-corrected chi connectivity index (χ0v) is 15.8. The van der Waals surface area contributed by atoms with Gasteiger partial charge in [0.1, 0.15) is 23.6 Å². The number of methoxy groups -OCH3 is 1. The van der Waals surface area contributed by atoms with Crippen LogP contribution in [-0.4, -0.2) is 43.3 Å². The molecule has 28 heavy (non-hydrogen) atoms. The number of hydrogen-bond acceptors (Lipinski definition) is 9. The summed E-state index contributed by atoms with van der Waals surface area (Å²) in [7, 11) is 1.67. The van der Waals surface area contributed by atoms with Gasteiger partial charge in [-0.05, 0) is 17.7 Å². The lowest BCUT2D eigenvalue weighted by molar-refractivity contribution is 0.204. The first-order valence-corrected chi connectivity index (χ1v) is 9.36. The highest BCUT2D eigenvalue weighted by atomic mass is 32.2. The number of nitrogen functional groups attached to an aromatic ring is 1. The SMILES string of the molecule is COCN1c2cc(Cn3cnc4c(N)ncnc43)ccc2Sc2nccnc21. The van der Waals surface area contributed by atoms with E-state index in [1.807, 2.05) is 9.47 Å². The fraction of sp³-hybridized carbons (Fsp3) is 0.167. The monoisotopic (exact) mass is 392 g/mol. The van der Waals surface area contributed by atoms with Gasteiger partial charge < -0.3 is 15.0 Å². The summed E-state index contributed by atoms with van der Waals surface area (Å²) in [6, 6.07) is 6.32. The summed E-state index contributed by atoms with van der Waals surface area (Å²) in [5, 5.41) is 0.868. The summed E-state index contributed by atoms with van der Waals surface area (Å²) in [5.41, 5.74) is 9.35. The molecule has 0 saturated carbocycles. The Morgan fingerprint density at radius 1 is 1.11 bits per heavy atom. The van der Waals surface area contributed by atoms with Crippen LogP contribution in [0.2, 0.25) is 0 Å². The summed E-state index contributed by atoms with van der Waals surface area (Å²) < 4.78 is 7.37. The predicted molar refractivity (Wildman–Crippen MR) is 105 cm³/mol. The van der Waals surface area contributed by atoms with Crippen molar-refractivity contribution in [3.63, 3.8) is 0 Å². The van der Waals surface area contributed by atoms with Crippen LogP contribution >= 0.6 is 11.8 Å². The maximum Gasteiger partial charge on any atom is 0.168 e. The number of imidazole rings is 1. The molecule has 0 aliphatic carbocycles. The molecule has 0 fully saturated rings. The van der Waals surface area contributed by atoms with E-state index in [-0.39, 0.29) is 0 Å². The van der Waals surface area contributed by atoms with Gasteiger partial charge in [0.15, 0.2) is 17.3 Å². The second-order valence-corrected chi connectivity index (χ2v) is 7.27. The normalized spacial score (nSPS) is 12.8. The third-order valence-corrected chi connectivity index (χ3v) is 5.51. The van der Waals surface area contributed by atoms with Crippen molar-refractivity contribution in [1.29, 1.82) is 0 Å². The van der Waals surface area contributed by atoms with Gasteiger partial charge in [-0.1, -0.05) is 17.8 Å². The Labute approximate surface area is 164 Å². The first-order chi connectivity index (χ1) is 13.7. The third-order valence-electron chi connectivity index (χ3n) is 4.46. The number of rotatable bonds is 4. The van der Waals surface area contributed by atoms with Crippen LogP contribution in [0.25, 0.3) is 11.2 Å². The number of fused-ring (bicyclic) bond motifs is 3. The second-order valence-electron chi connectivity index (χ2n) is 6.24. The summed E-state index contributed by atoms with van der Waals surface area (Å²) in [4.78, 5) is 24.7. The van der Waals surface area contributed by atoms with Crippen molar-refractivity contribution in [3.8, 4) is 0 Å². The van der Waals surface area contributed by atoms with Crippen LogP contribution in [0.5, 0.6) is 0 Å². The van der Waals surface area contributed by atoms with Crippen molar-refractivity contribution in [1.82, 2.24) is 29.5 Å². The van der Waals surface area contributed by atoms with E-state index in [0.29, 0.717) is 30.3 Å². The number of nitrogens with two attached hydrogens (primary N) is 1. The molecule has 0 amide bonds. The van der Waals surface area contributed by atoms with Gasteiger partial charge in [-0.25, -0.2) is 24.9 Å². The fourth-order valence-electron chi connectivity index (χ4n) is 3.22. The second kappa shape index (κ2) is 6.73. The van der Waals surface area contributed by atoms with Crippen LogP contribution in [0.4, 0.5) is 17.3 Å². The zero-order valence-electron chi connectivity index (χ0n) is 15.0. The third kappa shape index (κ3) is 2.74. The van der Waals surface area contributed by atoms with Crippen molar-refractivity contribution < 1.29 is 4.74 Å². The van der Waals surface area contributed by atoms with Crippen LogP contribution in [0.3, 0.4) is 0 Å². The van der Waals surface area contributed by atoms with Crippen LogP contribution in [0.15, 0.2) is 53.2 Å². The van der Waals surface area contributed by atoms with Crippen LogP contribution in [0, 0.1) is 0 Å². The predicted octanol–water partition coefficient (Wildman–Crippen LogP) is 2.45. The Bertz CT molecular complexity index is 1180. The average molecular weight is 392 g/mol. The molecule has 2 N–H and O–H groups in total. The lowest BCUT2D eigenvalue weighted by Gasteiger charge is -2.30. The zero-order chi connectivity index (χ0) is 19.1. The molecule has 4 aromatic rings. The molecule has 0 unspecified atom stereocenters. The summed E-state index contributed by atoms with van der Waals surface area (Å²) in [6.45, 7) is 1.000. The Kier molecular flexibility index (Phi) is 4.06. The topological polar surface area (TPSA) is 108 Å². The highest BCUT2D eigenvalue weighted by Crippen LogP contribution is 2.46. The molecule has 1 aromatic carbocycles. The van der Waals surface area contributed by atoms with Crippen LogP contribution in [0.1, 0.15) is 5.56 Å². The molecule has 10 heteroatoms. The number of nitrogens with zero attached hydrogens (tertiary/aromatic N) is 7. The molecule has 140 valence electrons. The highest BCUT2D eigenvalue weighted by molar-refractivity contribution is 7.99. The van der Waals surface area contributed by atoms with E-state index < -0.39 is 0 Å². The fourth-order valence-corrected chi connectivity index (χ4v) is 4.21. The number of hydrogen-bond donors (Lipinski definition) is 1. The molecule has 5 rings (SSSR count). The number of ether oxygens (including phenoxy) is 1. The molecule has 0 radical (unpaired) electrons. The Hall–Kier alpha value is -3.24. The molecule has 0 saturated heterocycles. The first kappa shape index (κ1) is 16.9. The molecular formula is C18H16N8OS. The van der Waals surface area contributed by atoms with Gasteiger partial charge in [-0.15, -0.1) is 0 Å². The largest absolute Gasteiger partial charge is 0.382 e. The van der Waals surface area contributed by atoms with E-state index in [1.54, 1.807) is 37.6 Å². The highest BCUT2D eigenvalue weighted by Gasteiger charge is 2.25. The minimum atomic E-state index is 0.382. The van der Waals surface area contributed by atoms with E-state index in [4.69, 9.17) is 10.5 Å². The quantitative estimate of drug-likeness (QED) is 0.560. The molecule has 0 atom stereocenters. The molecule has 0 spiro atoms. The minimum absolute atomic E-state index is 0.382. The maximum atomic E-state index is 5.89. The van der Waals surface area contributed by atoms with E-state index in [9.17, 15) is 0 Å². The molecule has 1 aliphatic heterocycles. The van der Waals surface area contributed by atoms with Gasteiger partial charge in [-0.3, -0.25) is 4.90 Å². The molecule has 9 nitrogen and oxygen atoms in total. The standard InChI is InChI=1S/C18H16N8OS/c1-27-10-26-12-6-11(2-3-13(12)28-18-17(26)20-4-5-21-18)7-25-9-24-14-15(19)22-8-23-16(14)25/h2-6,8-9H,7,10H2,1H3,(H2,19,22,23). The minimum Gasteiger partial charge on any atom is -0.382 e. The van der Waals surface area contributed by atoms with E-state index >= 15 is 0 Å². The van der Waals surface area contributed by atoms with Gasteiger partial charge >= 0.3 is 0 Å². The Balaban J connectivity index is 1.54. The van der Waals surface area contributed by atoms with Gasteiger partial charge in [0.25, 0.3) is 0 Å². The van der Waals surface area contributed by atoms with Gasteiger partial charge in [0, 0.05) is 24.4 Å². The van der Waals surface area contributed by atoms with Crippen LogP contribution < -0.4 is 10.6 Å². The molecule has 3 aromatic heterocycles. The first-order valence-electron chi connectivity index (χ1n) is 8.54. The molecule has 0 bridgehead atoms. The van der Waals surface area contributed by atoms with Gasteiger partial charge in [-0.2, -0.15) is 0 Å². The average Bonchev–Trinajstić information content (AvgIpc) is 3.12. The van der Waals surface area contributed by atoms with Crippen molar-refractivity contribution in [2.75, 3.05) is 24.5 Å². The van der Waals surface area contributed by atoms with Crippen molar-refractivity contribution in [2.24, 2.45) is 0 Å². The summed E-state index contributed by atoms with van der Waals surface area (Å²) >= 11 is 1.61. The molecular weight excluding hydrogens is 376 g/mol. The van der Waals surface area contributed by atoms with Crippen LogP contribution in [-0.2, 0) is 11.3 Å². The maximum absolute atomic E-state index is 5.89. The van der Waals surface area contributed by atoms with E-state index in [1.165, 1.54) is 6.33 Å². The van der Waals surface area contributed by atoms with Gasteiger partial charge in [0.05, 0.1) is 18.6 Å². The number of benzene rings is 1. The molecule has 1 aliphatic rings. The number of anilines is 3. The lowest BCUT2D eigenvalue weighted by Crippen LogP contribution is -2.24. The van der Waals surface area contributed by atoms with Crippen molar-refractivity contribution in [2.45, 2.75) is 16.5 Å². The summed E-state index contributed by atoms with van der Waals surface area (Å²) in [5.74, 6) is 1.18. The van der Waals surface area contributed by atoms with E-state index in [2.05, 4.69) is 43.1 Å². The Morgan fingerprint density at radius 2 is 2.00 bits per heavy atom. The number of aromatic nitrogens is 6. The van der Waals surface area contributed by atoms with Gasteiger partial charge in [0.2, 0.25) is 0 Å². The van der Waals surface area contributed by atoms with E-state index in [0.717, 1.165) is 27.0 Å². The lowest BCUT2D eigenvalue weighted by atomic mass is 10.2. The van der Waals surface area contributed by atoms with Crippen molar-refractivity contribution >= 4 is 40.2 Å². The smallest absolute Gasteiger partial charge is 0.168 e. The Morgan fingerprint density at radius 3 is 2.89 bits per heavy atom. The molecule has 4 heterocycles. The van der Waals surface area contributed by atoms with Crippen molar-refractivity contribution in [3.05, 3.63) is 48.8 Å². The summed E-state index contributed by atoms with van der Waals surface area (Å²) in [6.07, 6.45) is 6.58.